The summed E-state index contributed by atoms with van der Waals surface area (Å²) in [6, 6.07) is 10.8. The summed E-state index contributed by atoms with van der Waals surface area (Å²) in [5.74, 6) is -0.644. The predicted octanol–water partition coefficient (Wildman–Crippen LogP) is 4.27. The molecule has 1 N–H and O–H groups in total. The van der Waals surface area contributed by atoms with E-state index in [0.717, 1.165) is 18.3 Å². The topological polar surface area (TPSA) is 62.8 Å². The molecule has 0 aliphatic carbocycles. The first-order chi connectivity index (χ1) is 11.4. The molecule has 7 heteroatoms. The molecule has 0 bridgehead atoms. The van der Waals surface area contributed by atoms with E-state index in [1.165, 1.54) is 18.2 Å². The van der Waals surface area contributed by atoms with Crippen molar-refractivity contribution in [3.05, 3.63) is 70.1 Å². The summed E-state index contributed by atoms with van der Waals surface area (Å²) >= 11 is 0. The largest absolute Gasteiger partial charge is 0.480 e. The molecule has 3 rings (SSSR count). The summed E-state index contributed by atoms with van der Waals surface area (Å²) in [5, 5.41) is 10.4. The van der Waals surface area contributed by atoms with Gasteiger partial charge in [0.15, 0.2) is 0 Å². The molecule has 24 heavy (non-hydrogen) atoms. The van der Waals surface area contributed by atoms with Gasteiger partial charge in [0, 0.05) is 11.6 Å². The zero-order chi connectivity index (χ0) is 17.3. The highest BCUT2D eigenvalue weighted by atomic mass is 19.4. The Labute approximate surface area is 133 Å². The Morgan fingerprint density at radius 1 is 1.04 bits per heavy atom. The van der Waals surface area contributed by atoms with Gasteiger partial charge in [-0.2, -0.15) is 13.2 Å². The van der Waals surface area contributed by atoms with E-state index in [1.54, 1.807) is 18.2 Å². The smallest absolute Gasteiger partial charge is 0.416 e. The van der Waals surface area contributed by atoms with Gasteiger partial charge >= 0.3 is 11.8 Å². The number of hydrogen-bond donors (Lipinski definition) is 1. The number of benzene rings is 2. The molecule has 3 aromatic rings. The Bertz CT molecular complexity index is 990. The van der Waals surface area contributed by atoms with Crippen molar-refractivity contribution in [2.75, 3.05) is 0 Å². The Balaban J connectivity index is 2.08. The van der Waals surface area contributed by atoms with Crippen LogP contribution in [0, 0.1) is 0 Å². The van der Waals surface area contributed by atoms with Crippen LogP contribution in [0.15, 0.2) is 62.7 Å². The van der Waals surface area contributed by atoms with Crippen molar-refractivity contribution in [2.45, 2.75) is 6.18 Å². The summed E-state index contributed by atoms with van der Waals surface area (Å²) < 4.78 is 42.8. The van der Waals surface area contributed by atoms with E-state index >= 15 is 0 Å². The molecule has 0 amide bonds. The second kappa shape index (κ2) is 5.84. The van der Waals surface area contributed by atoms with Gasteiger partial charge in [0.1, 0.15) is 0 Å². The van der Waals surface area contributed by atoms with Crippen molar-refractivity contribution < 1.29 is 22.7 Å². The highest BCUT2D eigenvalue weighted by Crippen LogP contribution is 2.31. The minimum Gasteiger partial charge on any atom is -0.480 e. The van der Waals surface area contributed by atoms with Crippen molar-refractivity contribution in [1.29, 1.82) is 0 Å². The molecule has 1 aromatic heterocycles. The molecule has 0 fully saturated rings. The normalized spacial score (nSPS) is 12.1. The van der Waals surface area contributed by atoms with Gasteiger partial charge in [-0.15, -0.1) is 0 Å². The molecule has 1 heterocycles. The molecule has 0 aliphatic heterocycles. The third kappa shape index (κ3) is 3.01. The maximum absolute atomic E-state index is 12.7. The molecule has 0 unspecified atom stereocenters. The summed E-state index contributed by atoms with van der Waals surface area (Å²) in [5.41, 5.74) is -1.37. The standard InChI is InChI=1S/C17H10F3NO3/c18-17(19,20)10-4-3-5-11(8-10)21-9-14-12-6-1-2-7-13(12)15(22)24-16(14)23/h1-9,23H. The van der Waals surface area contributed by atoms with Gasteiger partial charge in [-0.25, -0.2) is 4.79 Å². The van der Waals surface area contributed by atoms with Crippen LogP contribution in [0.5, 0.6) is 5.95 Å². The summed E-state index contributed by atoms with van der Waals surface area (Å²) in [7, 11) is 0. The first-order valence-corrected chi connectivity index (χ1v) is 6.82. The average molecular weight is 333 g/mol. The number of fused-ring (bicyclic) bond motifs is 1. The van der Waals surface area contributed by atoms with Crippen LogP contribution in [-0.4, -0.2) is 11.3 Å². The van der Waals surface area contributed by atoms with Crippen LogP contribution < -0.4 is 5.63 Å². The third-order valence-electron chi connectivity index (χ3n) is 3.37. The lowest BCUT2D eigenvalue weighted by molar-refractivity contribution is -0.137. The van der Waals surface area contributed by atoms with E-state index in [0.29, 0.717) is 5.39 Å². The summed E-state index contributed by atoms with van der Waals surface area (Å²) in [6.07, 6.45) is -3.31. The zero-order valence-electron chi connectivity index (χ0n) is 12.0. The third-order valence-corrected chi connectivity index (χ3v) is 3.37. The van der Waals surface area contributed by atoms with E-state index in [1.807, 2.05) is 0 Å². The number of aliphatic imine (C=N–C) groups is 1. The van der Waals surface area contributed by atoms with Crippen LogP contribution >= 0.6 is 0 Å². The maximum Gasteiger partial charge on any atom is 0.416 e. The van der Waals surface area contributed by atoms with E-state index < -0.39 is 23.3 Å². The SMILES string of the molecule is O=c1oc(O)c(C=Nc2cccc(C(F)(F)F)c2)c2ccccc12. The number of aromatic hydroxyl groups is 1. The van der Waals surface area contributed by atoms with Crippen molar-refractivity contribution >= 4 is 22.7 Å². The molecule has 2 aromatic carbocycles. The highest BCUT2D eigenvalue weighted by molar-refractivity contribution is 6.01. The van der Waals surface area contributed by atoms with E-state index in [4.69, 9.17) is 4.42 Å². The number of halogens is 3. The predicted molar refractivity (Wildman–Crippen MR) is 82.8 cm³/mol. The Hall–Kier alpha value is -3.09. The number of alkyl halides is 3. The van der Waals surface area contributed by atoms with Gasteiger partial charge in [-0.3, -0.25) is 4.99 Å². The second-order valence-electron chi connectivity index (χ2n) is 4.96. The van der Waals surface area contributed by atoms with E-state index in [-0.39, 0.29) is 16.6 Å². The van der Waals surface area contributed by atoms with Gasteiger partial charge in [0.2, 0.25) is 0 Å². The van der Waals surface area contributed by atoms with Crippen LogP contribution in [0.4, 0.5) is 18.9 Å². The maximum atomic E-state index is 12.7. The number of hydrogen-bond acceptors (Lipinski definition) is 4. The summed E-state index contributed by atoms with van der Waals surface area (Å²) in [6.45, 7) is 0. The molecule has 0 aliphatic rings. The van der Waals surface area contributed by atoms with Crippen LogP contribution in [0.25, 0.3) is 10.8 Å². The zero-order valence-corrected chi connectivity index (χ0v) is 12.0. The molecule has 0 saturated carbocycles. The lowest BCUT2D eigenvalue weighted by Gasteiger charge is -2.06. The van der Waals surface area contributed by atoms with E-state index in [9.17, 15) is 23.1 Å². The van der Waals surface area contributed by atoms with Gasteiger partial charge in [-0.1, -0.05) is 24.3 Å². The molecular formula is C17H10F3NO3. The van der Waals surface area contributed by atoms with Gasteiger partial charge in [-0.05, 0) is 24.3 Å². The molecule has 0 radical (unpaired) electrons. The fourth-order valence-electron chi connectivity index (χ4n) is 2.24. The minimum atomic E-state index is -4.47. The fourth-order valence-corrected chi connectivity index (χ4v) is 2.24. The molecule has 0 saturated heterocycles. The van der Waals surface area contributed by atoms with Crippen LogP contribution in [0.2, 0.25) is 0 Å². The van der Waals surface area contributed by atoms with Gasteiger partial charge < -0.3 is 9.52 Å². The van der Waals surface area contributed by atoms with Crippen molar-refractivity contribution in [3.63, 3.8) is 0 Å². The minimum absolute atomic E-state index is 0.0551. The van der Waals surface area contributed by atoms with Gasteiger partial charge in [0.05, 0.1) is 22.2 Å². The number of nitrogens with zero attached hydrogens (tertiary/aromatic N) is 1. The quantitative estimate of drug-likeness (QED) is 0.713. The molecule has 0 atom stereocenters. The molecule has 0 spiro atoms. The number of rotatable bonds is 2. The molecular weight excluding hydrogens is 323 g/mol. The van der Waals surface area contributed by atoms with Crippen LogP contribution in [-0.2, 0) is 6.18 Å². The first-order valence-electron chi connectivity index (χ1n) is 6.82. The molecule has 122 valence electrons. The Morgan fingerprint density at radius 3 is 2.46 bits per heavy atom. The monoisotopic (exact) mass is 333 g/mol. The molecule has 4 nitrogen and oxygen atoms in total. The Morgan fingerprint density at radius 2 is 1.75 bits per heavy atom. The lowest BCUT2D eigenvalue weighted by Crippen LogP contribution is -2.04. The second-order valence-corrected chi connectivity index (χ2v) is 4.96. The average Bonchev–Trinajstić information content (AvgIpc) is 2.54. The van der Waals surface area contributed by atoms with Crippen molar-refractivity contribution in [2.24, 2.45) is 4.99 Å². The van der Waals surface area contributed by atoms with E-state index in [2.05, 4.69) is 4.99 Å². The fraction of sp³-hybridized carbons (Fsp3) is 0.0588. The van der Waals surface area contributed by atoms with Crippen molar-refractivity contribution in [3.8, 4) is 5.95 Å². The highest BCUT2D eigenvalue weighted by Gasteiger charge is 2.30. The van der Waals surface area contributed by atoms with Gasteiger partial charge in [0.25, 0.3) is 5.95 Å². The lowest BCUT2D eigenvalue weighted by atomic mass is 10.1. The van der Waals surface area contributed by atoms with Crippen LogP contribution in [0.3, 0.4) is 0 Å². The Kier molecular flexibility index (Phi) is 3.84. The summed E-state index contributed by atoms with van der Waals surface area (Å²) in [4.78, 5) is 15.6. The first kappa shape index (κ1) is 15.8. The van der Waals surface area contributed by atoms with Crippen LogP contribution in [0.1, 0.15) is 11.1 Å². The van der Waals surface area contributed by atoms with Crippen molar-refractivity contribution in [1.82, 2.24) is 0 Å².